The molecule has 1 aliphatic heterocycles. The Balaban J connectivity index is 1.93. The Labute approximate surface area is 143 Å². The lowest BCUT2D eigenvalue weighted by Gasteiger charge is -2.27. The van der Waals surface area contributed by atoms with Gasteiger partial charge in [-0.3, -0.25) is 4.90 Å². The Morgan fingerprint density at radius 3 is 2.65 bits per heavy atom. The van der Waals surface area contributed by atoms with E-state index in [1.165, 1.54) is 0 Å². The summed E-state index contributed by atoms with van der Waals surface area (Å²) >= 11 is 5.95. The van der Waals surface area contributed by atoms with E-state index in [9.17, 15) is 4.79 Å². The number of halogens is 1. The van der Waals surface area contributed by atoms with Gasteiger partial charge in [-0.1, -0.05) is 23.7 Å². The van der Waals surface area contributed by atoms with E-state index in [1.54, 1.807) is 0 Å². The molecule has 0 bridgehead atoms. The summed E-state index contributed by atoms with van der Waals surface area (Å²) in [5, 5.41) is 3.66. The Kier molecular flexibility index (Phi) is 5.89. The van der Waals surface area contributed by atoms with Gasteiger partial charge in [0, 0.05) is 36.7 Å². The lowest BCUT2D eigenvalue weighted by atomic mass is 10.1. The molecule has 0 aromatic heterocycles. The van der Waals surface area contributed by atoms with Crippen LogP contribution in [0.3, 0.4) is 0 Å². The quantitative estimate of drug-likeness (QED) is 0.885. The number of rotatable bonds is 4. The van der Waals surface area contributed by atoms with Gasteiger partial charge in [0.05, 0.1) is 0 Å². The third-order valence-corrected chi connectivity index (χ3v) is 4.11. The molecule has 6 heteroatoms. The number of nitrogens with one attached hydrogen (secondary N) is 1. The fourth-order valence-corrected chi connectivity index (χ4v) is 2.97. The lowest BCUT2D eigenvalue weighted by molar-refractivity contribution is 0.0504. The normalized spacial score (nSPS) is 20.3. The van der Waals surface area contributed by atoms with Crippen LogP contribution in [-0.2, 0) is 4.74 Å². The van der Waals surface area contributed by atoms with Gasteiger partial charge in [-0.25, -0.2) is 4.79 Å². The average molecular weight is 340 g/mol. The van der Waals surface area contributed by atoms with E-state index in [4.69, 9.17) is 22.1 Å². The number of carbonyl (C=O) groups excluding carboxylic acids is 1. The smallest absolute Gasteiger partial charge is 0.407 e. The van der Waals surface area contributed by atoms with Crippen LogP contribution >= 0.6 is 11.6 Å². The number of likely N-dealkylation sites (tertiary alicyclic amines) is 1. The molecule has 0 radical (unpaired) electrons. The molecule has 128 valence electrons. The predicted molar refractivity (Wildman–Crippen MR) is 92.6 cm³/mol. The fraction of sp³-hybridized carbons (Fsp3) is 0.588. The number of hydrogen-bond donors (Lipinski definition) is 2. The van der Waals surface area contributed by atoms with Crippen molar-refractivity contribution in [2.75, 3.05) is 19.6 Å². The Morgan fingerprint density at radius 1 is 1.43 bits per heavy atom. The second-order valence-corrected chi connectivity index (χ2v) is 7.37. The van der Waals surface area contributed by atoms with E-state index in [0.717, 1.165) is 30.1 Å². The van der Waals surface area contributed by atoms with Gasteiger partial charge in [-0.15, -0.1) is 0 Å². The van der Waals surface area contributed by atoms with Crippen molar-refractivity contribution >= 4 is 17.7 Å². The maximum atomic E-state index is 11.9. The molecule has 1 aromatic carbocycles. The van der Waals surface area contributed by atoms with Gasteiger partial charge in [0.25, 0.3) is 0 Å². The summed E-state index contributed by atoms with van der Waals surface area (Å²) in [5.41, 5.74) is 6.63. The van der Waals surface area contributed by atoms with Crippen LogP contribution in [0, 0.1) is 0 Å². The first-order valence-corrected chi connectivity index (χ1v) is 8.35. The van der Waals surface area contributed by atoms with Gasteiger partial charge in [0.15, 0.2) is 0 Å². The number of benzene rings is 1. The Morgan fingerprint density at radius 2 is 2.09 bits per heavy atom. The largest absolute Gasteiger partial charge is 0.444 e. The SMILES string of the molecule is CC(C)(C)OC(=O)N[C@H]1CCN([C@H](CN)c2ccc(Cl)cc2)C1. The van der Waals surface area contributed by atoms with Crippen molar-refractivity contribution in [3.8, 4) is 0 Å². The minimum atomic E-state index is -0.481. The van der Waals surface area contributed by atoms with Gasteiger partial charge in [-0.05, 0) is 44.9 Å². The Bertz CT molecular complexity index is 528. The first-order chi connectivity index (χ1) is 10.8. The Hall–Kier alpha value is -1.30. The van der Waals surface area contributed by atoms with Crippen LogP contribution in [0.25, 0.3) is 0 Å². The second-order valence-electron chi connectivity index (χ2n) is 6.93. The van der Waals surface area contributed by atoms with Crippen molar-refractivity contribution in [3.63, 3.8) is 0 Å². The predicted octanol–water partition coefficient (Wildman–Crippen LogP) is 2.94. The maximum Gasteiger partial charge on any atom is 0.407 e. The van der Waals surface area contributed by atoms with Crippen molar-refractivity contribution < 1.29 is 9.53 Å². The van der Waals surface area contributed by atoms with Crippen molar-refractivity contribution in [2.45, 2.75) is 44.9 Å². The molecule has 0 saturated carbocycles. The van der Waals surface area contributed by atoms with E-state index >= 15 is 0 Å². The zero-order valence-corrected chi connectivity index (χ0v) is 14.8. The summed E-state index contributed by atoms with van der Waals surface area (Å²) in [6.07, 6.45) is 0.531. The summed E-state index contributed by atoms with van der Waals surface area (Å²) in [6, 6.07) is 8.00. The molecule has 1 heterocycles. The van der Waals surface area contributed by atoms with Gasteiger partial charge in [-0.2, -0.15) is 0 Å². The molecule has 2 rings (SSSR count). The number of nitrogens with zero attached hydrogens (tertiary/aromatic N) is 1. The zero-order chi connectivity index (χ0) is 17.0. The van der Waals surface area contributed by atoms with Crippen LogP contribution in [-0.4, -0.2) is 42.3 Å². The van der Waals surface area contributed by atoms with E-state index in [-0.39, 0.29) is 18.2 Å². The fourth-order valence-electron chi connectivity index (χ4n) is 2.84. The lowest BCUT2D eigenvalue weighted by Crippen LogP contribution is -2.41. The second kappa shape index (κ2) is 7.51. The van der Waals surface area contributed by atoms with Gasteiger partial charge < -0.3 is 15.8 Å². The van der Waals surface area contributed by atoms with Gasteiger partial charge in [0.2, 0.25) is 0 Å². The molecule has 0 aliphatic carbocycles. The number of alkyl carbamates (subject to hydrolysis) is 1. The van der Waals surface area contributed by atoms with E-state index in [0.29, 0.717) is 6.54 Å². The average Bonchev–Trinajstić information content (AvgIpc) is 2.87. The molecule has 1 saturated heterocycles. The maximum absolute atomic E-state index is 11.9. The molecule has 2 atom stereocenters. The molecule has 23 heavy (non-hydrogen) atoms. The first kappa shape index (κ1) is 18.0. The van der Waals surface area contributed by atoms with E-state index in [1.807, 2.05) is 45.0 Å². The summed E-state index contributed by atoms with van der Waals surface area (Å²) in [5.74, 6) is 0. The molecule has 5 nitrogen and oxygen atoms in total. The number of hydrogen-bond acceptors (Lipinski definition) is 4. The summed E-state index contributed by atoms with van der Waals surface area (Å²) < 4.78 is 5.31. The number of amides is 1. The molecule has 0 spiro atoms. The minimum Gasteiger partial charge on any atom is -0.444 e. The van der Waals surface area contributed by atoms with Crippen molar-refractivity contribution in [1.29, 1.82) is 0 Å². The van der Waals surface area contributed by atoms with E-state index < -0.39 is 5.60 Å². The third-order valence-electron chi connectivity index (χ3n) is 3.86. The van der Waals surface area contributed by atoms with E-state index in [2.05, 4.69) is 10.2 Å². The van der Waals surface area contributed by atoms with Crippen LogP contribution in [0.2, 0.25) is 5.02 Å². The first-order valence-electron chi connectivity index (χ1n) is 7.97. The van der Waals surface area contributed by atoms with Crippen LogP contribution in [0.15, 0.2) is 24.3 Å². The van der Waals surface area contributed by atoms with Crippen LogP contribution in [0.5, 0.6) is 0 Å². The summed E-state index contributed by atoms with van der Waals surface area (Å²) in [7, 11) is 0. The highest BCUT2D eigenvalue weighted by molar-refractivity contribution is 6.30. The summed E-state index contributed by atoms with van der Waals surface area (Å²) in [6.45, 7) is 7.77. The van der Waals surface area contributed by atoms with Gasteiger partial charge in [0.1, 0.15) is 5.60 Å². The molecule has 3 N–H and O–H groups in total. The third kappa shape index (κ3) is 5.37. The minimum absolute atomic E-state index is 0.0891. The monoisotopic (exact) mass is 339 g/mol. The molecule has 1 fully saturated rings. The topological polar surface area (TPSA) is 67.6 Å². The highest BCUT2D eigenvalue weighted by Gasteiger charge is 2.30. The number of carbonyl (C=O) groups is 1. The zero-order valence-electron chi connectivity index (χ0n) is 14.0. The van der Waals surface area contributed by atoms with Crippen LogP contribution in [0.1, 0.15) is 38.8 Å². The highest BCUT2D eigenvalue weighted by atomic mass is 35.5. The summed E-state index contributed by atoms with van der Waals surface area (Å²) in [4.78, 5) is 14.2. The van der Waals surface area contributed by atoms with Crippen molar-refractivity contribution in [3.05, 3.63) is 34.9 Å². The molecule has 0 unspecified atom stereocenters. The molecular formula is C17H26ClN3O2. The number of nitrogens with two attached hydrogens (primary N) is 1. The standard InChI is InChI=1S/C17H26ClN3O2/c1-17(2,3)23-16(22)20-14-8-9-21(11-14)15(10-19)12-4-6-13(18)7-5-12/h4-7,14-15H,8-11,19H2,1-3H3,(H,20,22)/t14-,15+/m0/s1. The molecular weight excluding hydrogens is 314 g/mol. The molecule has 1 aliphatic rings. The number of ether oxygens (including phenoxy) is 1. The highest BCUT2D eigenvalue weighted by Crippen LogP contribution is 2.25. The van der Waals surface area contributed by atoms with Crippen LogP contribution in [0.4, 0.5) is 4.79 Å². The van der Waals surface area contributed by atoms with Gasteiger partial charge >= 0.3 is 6.09 Å². The molecule has 1 amide bonds. The van der Waals surface area contributed by atoms with Crippen LogP contribution < -0.4 is 11.1 Å². The van der Waals surface area contributed by atoms with Crippen molar-refractivity contribution in [1.82, 2.24) is 10.2 Å². The molecule has 1 aromatic rings. The van der Waals surface area contributed by atoms with Crippen molar-refractivity contribution in [2.24, 2.45) is 5.73 Å².